The van der Waals surface area contributed by atoms with Gasteiger partial charge in [-0.1, -0.05) is 26.7 Å². The molecule has 0 N–H and O–H groups in total. The van der Waals surface area contributed by atoms with Crippen molar-refractivity contribution in [2.45, 2.75) is 46.5 Å². The Labute approximate surface area is 114 Å². The zero-order valence-corrected chi connectivity index (χ0v) is 12.0. The van der Waals surface area contributed by atoms with Crippen LogP contribution in [0.1, 0.15) is 46.5 Å². The summed E-state index contributed by atoms with van der Waals surface area (Å²) in [6.45, 7) is 5.99. The number of β-lactam (4-membered cyclic amide) rings is 1. The molecule has 0 saturated carbocycles. The van der Waals surface area contributed by atoms with Gasteiger partial charge in [0.1, 0.15) is 0 Å². The van der Waals surface area contributed by atoms with Crippen LogP contribution in [0.25, 0.3) is 0 Å². The Morgan fingerprint density at radius 2 is 2.11 bits per heavy atom. The molecule has 1 aliphatic rings. The Balaban J connectivity index is 2.31. The van der Waals surface area contributed by atoms with E-state index < -0.39 is 0 Å². The van der Waals surface area contributed by atoms with Crippen LogP contribution in [0.15, 0.2) is 0 Å². The maximum atomic E-state index is 11.9. The summed E-state index contributed by atoms with van der Waals surface area (Å²) in [4.78, 5) is 35.7. The third-order valence-corrected chi connectivity index (χ3v) is 3.49. The minimum absolute atomic E-state index is 0.0314. The van der Waals surface area contributed by atoms with E-state index >= 15 is 0 Å². The van der Waals surface area contributed by atoms with Gasteiger partial charge in [-0.25, -0.2) is 0 Å². The molecule has 5 heteroatoms. The molecule has 1 saturated heterocycles. The number of unbranched alkanes of at least 4 members (excludes halogenated alkanes) is 2. The van der Waals surface area contributed by atoms with E-state index in [9.17, 15) is 14.4 Å². The quantitative estimate of drug-likeness (QED) is 0.401. The number of imide groups is 1. The molecule has 1 aliphatic heterocycles. The number of likely N-dealkylation sites (tertiary alicyclic amines) is 1. The van der Waals surface area contributed by atoms with Crippen LogP contribution in [-0.4, -0.2) is 35.8 Å². The van der Waals surface area contributed by atoms with Crippen LogP contribution in [0, 0.1) is 11.8 Å². The summed E-state index contributed by atoms with van der Waals surface area (Å²) in [6.07, 6.45) is 3.36. The first-order valence-electron chi connectivity index (χ1n) is 6.95. The van der Waals surface area contributed by atoms with Crippen LogP contribution in [0.5, 0.6) is 0 Å². The fourth-order valence-electron chi connectivity index (χ4n) is 2.13. The van der Waals surface area contributed by atoms with Gasteiger partial charge >= 0.3 is 5.97 Å². The summed E-state index contributed by atoms with van der Waals surface area (Å²) in [5.41, 5.74) is 0. The van der Waals surface area contributed by atoms with Gasteiger partial charge in [0.05, 0.1) is 12.5 Å². The molecule has 0 radical (unpaired) electrons. The maximum Gasteiger partial charge on any atom is 0.302 e. The van der Waals surface area contributed by atoms with E-state index in [1.165, 1.54) is 11.8 Å². The molecule has 0 aromatic carbocycles. The van der Waals surface area contributed by atoms with Crippen molar-refractivity contribution < 1.29 is 19.1 Å². The normalized spacial score (nSPS) is 19.8. The molecule has 1 fully saturated rings. The molecule has 0 aromatic rings. The number of carbonyl (C=O) groups is 3. The number of rotatable bonds is 7. The van der Waals surface area contributed by atoms with Crippen LogP contribution in [0.2, 0.25) is 0 Å². The first kappa shape index (κ1) is 15.7. The van der Waals surface area contributed by atoms with Gasteiger partial charge in [-0.2, -0.15) is 0 Å². The van der Waals surface area contributed by atoms with Gasteiger partial charge in [0, 0.05) is 25.8 Å². The van der Waals surface area contributed by atoms with Crippen molar-refractivity contribution in [3.05, 3.63) is 0 Å². The maximum absolute atomic E-state index is 11.9. The predicted octanol–water partition coefficient (Wildman–Crippen LogP) is 1.75. The SMILES string of the molecule is CCCCCC(=O)N1C[C@H]([C@H](C)COC(C)=O)C1=O. The molecule has 1 heterocycles. The number of hydrogen-bond donors (Lipinski definition) is 0. The van der Waals surface area contributed by atoms with E-state index in [2.05, 4.69) is 6.92 Å². The van der Waals surface area contributed by atoms with Crippen molar-refractivity contribution in [3.63, 3.8) is 0 Å². The zero-order valence-electron chi connectivity index (χ0n) is 12.0. The Morgan fingerprint density at radius 3 is 2.63 bits per heavy atom. The molecule has 2 amide bonds. The van der Waals surface area contributed by atoms with E-state index in [1.807, 2.05) is 6.92 Å². The Kier molecular flexibility index (Phi) is 5.99. The summed E-state index contributed by atoms with van der Waals surface area (Å²) >= 11 is 0. The Morgan fingerprint density at radius 1 is 1.42 bits per heavy atom. The minimum atomic E-state index is -0.342. The molecule has 0 aliphatic carbocycles. The number of amides is 2. The highest BCUT2D eigenvalue weighted by atomic mass is 16.5. The largest absolute Gasteiger partial charge is 0.466 e. The molecule has 0 spiro atoms. The second-order valence-electron chi connectivity index (χ2n) is 5.19. The highest BCUT2D eigenvalue weighted by Gasteiger charge is 2.43. The van der Waals surface area contributed by atoms with Crippen LogP contribution in [-0.2, 0) is 19.1 Å². The highest BCUT2D eigenvalue weighted by molar-refractivity contribution is 6.01. The molecule has 1 rings (SSSR count). The fourth-order valence-corrected chi connectivity index (χ4v) is 2.13. The minimum Gasteiger partial charge on any atom is -0.466 e. The van der Waals surface area contributed by atoms with Crippen molar-refractivity contribution in [1.29, 1.82) is 0 Å². The van der Waals surface area contributed by atoms with Crippen LogP contribution < -0.4 is 0 Å². The summed E-state index contributed by atoms with van der Waals surface area (Å²) in [7, 11) is 0. The third-order valence-electron chi connectivity index (χ3n) is 3.49. The average molecular weight is 269 g/mol. The van der Waals surface area contributed by atoms with E-state index in [0.29, 0.717) is 13.0 Å². The number of nitrogens with zero attached hydrogens (tertiary/aromatic N) is 1. The topological polar surface area (TPSA) is 63.7 Å². The highest BCUT2D eigenvalue weighted by Crippen LogP contribution is 2.26. The number of esters is 1. The summed E-state index contributed by atoms with van der Waals surface area (Å²) in [6, 6.07) is 0. The number of ether oxygens (including phenoxy) is 1. The molecule has 5 nitrogen and oxygen atoms in total. The van der Waals surface area contributed by atoms with E-state index in [4.69, 9.17) is 4.74 Å². The van der Waals surface area contributed by atoms with Crippen molar-refractivity contribution in [2.75, 3.05) is 13.2 Å². The summed E-state index contributed by atoms with van der Waals surface area (Å²) in [5, 5.41) is 0. The molecule has 108 valence electrons. The second kappa shape index (κ2) is 7.26. The van der Waals surface area contributed by atoms with Crippen molar-refractivity contribution in [2.24, 2.45) is 11.8 Å². The number of carbonyl (C=O) groups excluding carboxylic acids is 3. The van der Waals surface area contributed by atoms with Gasteiger partial charge in [-0.15, -0.1) is 0 Å². The monoisotopic (exact) mass is 269 g/mol. The molecule has 0 unspecified atom stereocenters. The summed E-state index contributed by atoms with van der Waals surface area (Å²) in [5.74, 6) is -0.757. The van der Waals surface area contributed by atoms with Gasteiger partial charge in [0.25, 0.3) is 0 Å². The van der Waals surface area contributed by atoms with Gasteiger partial charge in [-0.05, 0) is 6.42 Å². The second-order valence-corrected chi connectivity index (χ2v) is 5.19. The molecule has 0 bridgehead atoms. The molecular formula is C14H23NO4. The van der Waals surface area contributed by atoms with Crippen molar-refractivity contribution >= 4 is 17.8 Å². The lowest BCUT2D eigenvalue weighted by Gasteiger charge is -2.39. The average Bonchev–Trinajstić information content (AvgIpc) is 2.35. The van der Waals surface area contributed by atoms with Gasteiger partial charge < -0.3 is 4.74 Å². The van der Waals surface area contributed by atoms with Crippen molar-refractivity contribution in [3.8, 4) is 0 Å². The first-order chi connectivity index (χ1) is 8.97. The predicted molar refractivity (Wildman–Crippen MR) is 70.1 cm³/mol. The lowest BCUT2D eigenvalue weighted by atomic mass is 9.86. The van der Waals surface area contributed by atoms with Crippen LogP contribution in [0.4, 0.5) is 0 Å². The Hall–Kier alpha value is -1.39. The lowest BCUT2D eigenvalue weighted by molar-refractivity contribution is -0.163. The van der Waals surface area contributed by atoms with Gasteiger partial charge in [0.2, 0.25) is 11.8 Å². The third kappa shape index (κ3) is 4.33. The first-order valence-corrected chi connectivity index (χ1v) is 6.95. The fraction of sp³-hybridized carbons (Fsp3) is 0.786. The van der Waals surface area contributed by atoms with Gasteiger partial charge in [-0.3, -0.25) is 19.3 Å². The van der Waals surface area contributed by atoms with E-state index in [1.54, 1.807) is 0 Å². The van der Waals surface area contributed by atoms with Gasteiger partial charge in [0.15, 0.2) is 0 Å². The number of hydrogen-bond acceptors (Lipinski definition) is 4. The van der Waals surface area contributed by atoms with E-state index in [-0.39, 0.29) is 36.2 Å². The van der Waals surface area contributed by atoms with Crippen molar-refractivity contribution in [1.82, 2.24) is 4.90 Å². The van der Waals surface area contributed by atoms with Crippen LogP contribution in [0.3, 0.4) is 0 Å². The van der Waals surface area contributed by atoms with Crippen LogP contribution >= 0.6 is 0 Å². The molecule has 0 aromatic heterocycles. The zero-order chi connectivity index (χ0) is 14.4. The Bertz CT molecular complexity index is 353. The standard InChI is InChI=1S/C14H23NO4/c1-4-5-6-7-13(17)15-8-12(14(15)18)10(2)9-19-11(3)16/h10,12H,4-9H2,1-3H3/t10-,12-/m1/s1. The smallest absolute Gasteiger partial charge is 0.302 e. The summed E-state index contributed by atoms with van der Waals surface area (Å²) < 4.78 is 4.89. The molecule has 19 heavy (non-hydrogen) atoms. The molecular weight excluding hydrogens is 246 g/mol. The molecule has 2 atom stereocenters. The lowest BCUT2D eigenvalue weighted by Crippen LogP contribution is -2.57. The van der Waals surface area contributed by atoms with E-state index in [0.717, 1.165) is 19.3 Å².